The standard InChI is InChI=1S/C14H17BrO2/c15-10-13(16)14(17,12-8-4-5-9-12)11-6-2-1-3-7-11/h1-3,6-7,12,17H,4-5,8-10H2/t14-/m1/s1. The summed E-state index contributed by atoms with van der Waals surface area (Å²) in [6.07, 6.45) is 4.08. The number of alkyl halides is 1. The van der Waals surface area contributed by atoms with Gasteiger partial charge in [0, 0.05) is 0 Å². The first kappa shape index (κ1) is 12.8. The zero-order valence-electron chi connectivity index (χ0n) is 9.73. The monoisotopic (exact) mass is 296 g/mol. The highest BCUT2D eigenvalue weighted by atomic mass is 79.9. The third-order valence-corrected chi connectivity index (χ3v) is 4.22. The van der Waals surface area contributed by atoms with Crippen LogP contribution in [0.1, 0.15) is 31.2 Å². The molecule has 1 aliphatic rings. The van der Waals surface area contributed by atoms with Crippen molar-refractivity contribution in [2.75, 3.05) is 5.33 Å². The minimum Gasteiger partial charge on any atom is -0.377 e. The molecule has 3 heteroatoms. The molecule has 0 unspecified atom stereocenters. The highest BCUT2D eigenvalue weighted by molar-refractivity contribution is 9.09. The summed E-state index contributed by atoms with van der Waals surface area (Å²) in [6, 6.07) is 9.34. The number of carbonyl (C=O) groups excluding carboxylic acids is 1. The van der Waals surface area contributed by atoms with Crippen LogP contribution in [0.2, 0.25) is 0 Å². The molecule has 1 saturated carbocycles. The van der Waals surface area contributed by atoms with Crippen molar-refractivity contribution >= 4 is 21.7 Å². The number of hydrogen-bond acceptors (Lipinski definition) is 2. The van der Waals surface area contributed by atoms with Crippen LogP contribution in [-0.2, 0) is 10.4 Å². The molecule has 0 spiro atoms. The molecule has 2 rings (SSSR count). The van der Waals surface area contributed by atoms with Crippen LogP contribution in [0.5, 0.6) is 0 Å². The molecule has 0 aliphatic heterocycles. The quantitative estimate of drug-likeness (QED) is 0.867. The van der Waals surface area contributed by atoms with Crippen LogP contribution >= 0.6 is 15.9 Å². The van der Waals surface area contributed by atoms with Gasteiger partial charge < -0.3 is 5.11 Å². The van der Waals surface area contributed by atoms with E-state index < -0.39 is 5.60 Å². The van der Waals surface area contributed by atoms with E-state index in [1.807, 2.05) is 30.3 Å². The molecule has 0 bridgehead atoms. The second kappa shape index (κ2) is 5.32. The number of Topliss-reactive ketones (excluding diaryl/α,β-unsaturated/α-hetero) is 1. The Labute approximate surface area is 110 Å². The van der Waals surface area contributed by atoms with Gasteiger partial charge in [0.15, 0.2) is 11.4 Å². The van der Waals surface area contributed by atoms with Gasteiger partial charge in [-0.25, -0.2) is 0 Å². The van der Waals surface area contributed by atoms with E-state index in [9.17, 15) is 9.90 Å². The number of benzene rings is 1. The van der Waals surface area contributed by atoms with E-state index in [1.54, 1.807) is 0 Å². The average molecular weight is 297 g/mol. The van der Waals surface area contributed by atoms with Gasteiger partial charge in [0.2, 0.25) is 0 Å². The predicted molar refractivity (Wildman–Crippen MR) is 71.1 cm³/mol. The highest BCUT2D eigenvalue weighted by Gasteiger charge is 2.45. The number of hydrogen-bond donors (Lipinski definition) is 1. The van der Waals surface area contributed by atoms with E-state index in [0.717, 1.165) is 31.2 Å². The molecule has 0 saturated heterocycles. The van der Waals surface area contributed by atoms with Gasteiger partial charge in [-0.05, 0) is 24.3 Å². The molecular weight excluding hydrogens is 280 g/mol. The van der Waals surface area contributed by atoms with Crippen molar-refractivity contribution in [2.24, 2.45) is 5.92 Å². The van der Waals surface area contributed by atoms with Gasteiger partial charge in [-0.3, -0.25) is 4.79 Å². The summed E-state index contributed by atoms with van der Waals surface area (Å²) < 4.78 is 0. The molecular formula is C14H17BrO2. The summed E-state index contributed by atoms with van der Waals surface area (Å²) in [5, 5.41) is 11.1. The number of aliphatic hydroxyl groups is 1. The van der Waals surface area contributed by atoms with Gasteiger partial charge in [0.25, 0.3) is 0 Å². The Morgan fingerprint density at radius 3 is 2.41 bits per heavy atom. The largest absolute Gasteiger partial charge is 0.377 e. The molecule has 92 valence electrons. The Balaban J connectivity index is 2.39. The van der Waals surface area contributed by atoms with E-state index in [4.69, 9.17) is 0 Å². The van der Waals surface area contributed by atoms with Crippen molar-refractivity contribution < 1.29 is 9.90 Å². The van der Waals surface area contributed by atoms with Gasteiger partial charge in [-0.15, -0.1) is 0 Å². The third kappa shape index (κ3) is 2.31. The molecule has 17 heavy (non-hydrogen) atoms. The second-order valence-corrected chi connectivity index (χ2v) is 5.23. The molecule has 1 aromatic carbocycles. The normalized spacial score (nSPS) is 20.1. The summed E-state index contributed by atoms with van der Waals surface area (Å²) in [6.45, 7) is 0. The van der Waals surface area contributed by atoms with Crippen LogP contribution in [0.25, 0.3) is 0 Å². The van der Waals surface area contributed by atoms with E-state index in [0.29, 0.717) is 0 Å². The van der Waals surface area contributed by atoms with Crippen molar-refractivity contribution in [3.8, 4) is 0 Å². The fourth-order valence-electron chi connectivity index (χ4n) is 2.76. The second-order valence-electron chi connectivity index (χ2n) is 4.67. The smallest absolute Gasteiger partial charge is 0.179 e. The van der Waals surface area contributed by atoms with Crippen LogP contribution in [0, 0.1) is 5.92 Å². The van der Waals surface area contributed by atoms with E-state index in [2.05, 4.69) is 15.9 Å². The third-order valence-electron chi connectivity index (χ3n) is 3.71. The van der Waals surface area contributed by atoms with Crippen molar-refractivity contribution in [3.63, 3.8) is 0 Å². The SMILES string of the molecule is O=C(CBr)[C@@](O)(c1ccccc1)C1CCCC1. The van der Waals surface area contributed by atoms with Gasteiger partial charge in [0.1, 0.15) is 0 Å². The average Bonchev–Trinajstić information content (AvgIpc) is 2.92. The lowest BCUT2D eigenvalue weighted by atomic mass is 9.77. The Bertz CT molecular complexity index is 384. The van der Waals surface area contributed by atoms with E-state index in [-0.39, 0.29) is 17.0 Å². The van der Waals surface area contributed by atoms with Gasteiger partial charge in [-0.1, -0.05) is 59.1 Å². The van der Waals surface area contributed by atoms with E-state index in [1.165, 1.54) is 0 Å². The number of halogens is 1. The maximum Gasteiger partial charge on any atom is 0.179 e. The Hall–Kier alpha value is -0.670. The first-order valence-electron chi connectivity index (χ1n) is 6.06. The van der Waals surface area contributed by atoms with Crippen LogP contribution in [0.4, 0.5) is 0 Å². The lowest BCUT2D eigenvalue weighted by Crippen LogP contribution is -2.42. The predicted octanol–water partition coefficient (Wildman–Crippen LogP) is 3.03. The van der Waals surface area contributed by atoms with Gasteiger partial charge in [0.05, 0.1) is 5.33 Å². The molecule has 1 fully saturated rings. The zero-order valence-corrected chi connectivity index (χ0v) is 11.3. The van der Waals surface area contributed by atoms with Gasteiger partial charge in [-0.2, -0.15) is 0 Å². The Morgan fingerprint density at radius 1 is 1.29 bits per heavy atom. The molecule has 0 radical (unpaired) electrons. The van der Waals surface area contributed by atoms with Crippen LogP contribution in [0.3, 0.4) is 0 Å². The Kier molecular flexibility index (Phi) is 4.00. The van der Waals surface area contributed by atoms with Crippen molar-refractivity contribution in [2.45, 2.75) is 31.3 Å². The maximum atomic E-state index is 12.1. The molecule has 1 aromatic rings. The van der Waals surface area contributed by atoms with Crippen LogP contribution in [0.15, 0.2) is 30.3 Å². The zero-order chi connectivity index (χ0) is 12.3. The fourth-order valence-corrected chi connectivity index (χ4v) is 3.19. The molecule has 1 atom stereocenters. The summed E-state index contributed by atoms with van der Waals surface area (Å²) >= 11 is 3.19. The lowest BCUT2D eigenvalue weighted by Gasteiger charge is -2.32. The Morgan fingerprint density at radius 2 is 1.88 bits per heavy atom. The minimum atomic E-state index is -1.30. The van der Waals surface area contributed by atoms with Crippen molar-refractivity contribution in [1.29, 1.82) is 0 Å². The van der Waals surface area contributed by atoms with Crippen molar-refractivity contribution in [3.05, 3.63) is 35.9 Å². The van der Waals surface area contributed by atoms with Gasteiger partial charge >= 0.3 is 0 Å². The minimum absolute atomic E-state index is 0.0648. The maximum absolute atomic E-state index is 12.1. The molecule has 2 nitrogen and oxygen atoms in total. The summed E-state index contributed by atoms with van der Waals surface area (Å²) in [7, 11) is 0. The summed E-state index contributed by atoms with van der Waals surface area (Å²) in [5.74, 6) is -0.0643. The van der Waals surface area contributed by atoms with Crippen LogP contribution in [-0.4, -0.2) is 16.2 Å². The fraction of sp³-hybridized carbons (Fsp3) is 0.500. The lowest BCUT2D eigenvalue weighted by molar-refractivity contribution is -0.141. The number of rotatable bonds is 4. The molecule has 1 aliphatic carbocycles. The van der Waals surface area contributed by atoms with E-state index >= 15 is 0 Å². The molecule has 1 N–H and O–H groups in total. The van der Waals surface area contributed by atoms with Crippen molar-refractivity contribution in [1.82, 2.24) is 0 Å². The summed E-state index contributed by atoms with van der Waals surface area (Å²) in [5.41, 5.74) is -0.572. The molecule has 0 aromatic heterocycles. The number of carbonyl (C=O) groups is 1. The number of ketones is 1. The summed E-state index contributed by atoms with van der Waals surface area (Å²) in [4.78, 5) is 12.1. The van der Waals surface area contributed by atoms with Crippen LogP contribution < -0.4 is 0 Å². The molecule has 0 amide bonds. The highest BCUT2D eigenvalue weighted by Crippen LogP contribution is 2.41. The topological polar surface area (TPSA) is 37.3 Å². The molecule has 0 heterocycles. The first-order chi connectivity index (χ1) is 8.19. The first-order valence-corrected chi connectivity index (χ1v) is 7.19.